The molecule has 1 aliphatic rings. The summed E-state index contributed by atoms with van der Waals surface area (Å²) in [5.41, 5.74) is 2.44. The molecule has 0 aliphatic carbocycles. The van der Waals surface area contributed by atoms with Gasteiger partial charge in [-0.1, -0.05) is 29.8 Å². The molecule has 0 saturated heterocycles. The van der Waals surface area contributed by atoms with Gasteiger partial charge in [-0.2, -0.15) is 4.98 Å². The van der Waals surface area contributed by atoms with Gasteiger partial charge in [0.15, 0.2) is 5.82 Å². The van der Waals surface area contributed by atoms with Crippen LogP contribution in [0.4, 0.5) is 11.5 Å². The molecule has 3 rings (SSSR count). The van der Waals surface area contributed by atoms with Crippen LogP contribution >= 0.6 is 23.2 Å². The standard InChI is InChI=1S/C13H11Cl2N3/c1-8-6-9-4-2-3-5-11(9)18(8)12-10(14)7-16-13(15)17-12/h2-5,7-8H,6H2,1H3. The Balaban J connectivity index is 2.14. The summed E-state index contributed by atoms with van der Waals surface area (Å²) in [6.45, 7) is 2.15. The van der Waals surface area contributed by atoms with Gasteiger partial charge in [-0.15, -0.1) is 0 Å². The second kappa shape index (κ2) is 4.41. The lowest BCUT2D eigenvalue weighted by molar-refractivity contribution is 0.749. The summed E-state index contributed by atoms with van der Waals surface area (Å²) in [6, 6.07) is 8.57. The zero-order valence-electron chi connectivity index (χ0n) is 9.77. The van der Waals surface area contributed by atoms with Gasteiger partial charge in [0.2, 0.25) is 5.28 Å². The Bertz CT molecular complexity index is 601. The summed E-state index contributed by atoms with van der Waals surface area (Å²) < 4.78 is 0. The van der Waals surface area contributed by atoms with Crippen molar-refractivity contribution in [3.63, 3.8) is 0 Å². The minimum absolute atomic E-state index is 0.214. The van der Waals surface area contributed by atoms with E-state index in [0.29, 0.717) is 16.9 Å². The zero-order valence-corrected chi connectivity index (χ0v) is 11.3. The van der Waals surface area contributed by atoms with Crippen molar-refractivity contribution >= 4 is 34.7 Å². The molecule has 0 spiro atoms. The number of hydrogen-bond donors (Lipinski definition) is 0. The number of nitrogens with zero attached hydrogens (tertiary/aromatic N) is 3. The van der Waals surface area contributed by atoms with Gasteiger partial charge in [0.05, 0.1) is 6.20 Å². The fraction of sp³-hybridized carbons (Fsp3) is 0.231. The first kappa shape index (κ1) is 11.8. The Morgan fingerprint density at radius 1 is 1.28 bits per heavy atom. The van der Waals surface area contributed by atoms with Crippen LogP contribution in [0.15, 0.2) is 30.5 Å². The number of halogens is 2. The summed E-state index contributed by atoms with van der Waals surface area (Å²) in [6.07, 6.45) is 2.52. The molecule has 0 fully saturated rings. The van der Waals surface area contributed by atoms with Crippen LogP contribution in [0.25, 0.3) is 0 Å². The van der Waals surface area contributed by atoms with Crippen LogP contribution in [-0.4, -0.2) is 16.0 Å². The van der Waals surface area contributed by atoms with Crippen LogP contribution in [0.2, 0.25) is 10.3 Å². The highest BCUT2D eigenvalue weighted by Crippen LogP contribution is 2.39. The fourth-order valence-electron chi connectivity index (χ4n) is 2.39. The maximum atomic E-state index is 6.18. The zero-order chi connectivity index (χ0) is 12.7. The molecular weight excluding hydrogens is 269 g/mol. The van der Waals surface area contributed by atoms with Gasteiger partial charge in [-0.25, -0.2) is 4.98 Å². The Labute approximate surface area is 115 Å². The Morgan fingerprint density at radius 3 is 2.89 bits per heavy atom. The summed E-state index contributed by atoms with van der Waals surface area (Å²) in [4.78, 5) is 10.3. The minimum Gasteiger partial charge on any atom is -0.322 e. The van der Waals surface area contributed by atoms with Gasteiger partial charge in [0.25, 0.3) is 0 Å². The number of aromatic nitrogens is 2. The van der Waals surface area contributed by atoms with Crippen LogP contribution in [0.1, 0.15) is 12.5 Å². The van der Waals surface area contributed by atoms with Crippen LogP contribution in [0.5, 0.6) is 0 Å². The molecule has 18 heavy (non-hydrogen) atoms. The van der Waals surface area contributed by atoms with E-state index in [1.165, 1.54) is 5.56 Å². The number of para-hydroxylation sites is 1. The number of fused-ring (bicyclic) bond motifs is 1. The number of anilines is 2. The highest BCUT2D eigenvalue weighted by molar-refractivity contribution is 6.33. The second-order valence-corrected chi connectivity index (χ2v) is 5.11. The monoisotopic (exact) mass is 279 g/mol. The van der Waals surface area contributed by atoms with E-state index in [9.17, 15) is 0 Å². The number of hydrogen-bond acceptors (Lipinski definition) is 3. The van der Waals surface area contributed by atoms with E-state index in [2.05, 4.69) is 33.9 Å². The predicted molar refractivity (Wildman–Crippen MR) is 73.8 cm³/mol. The quantitative estimate of drug-likeness (QED) is 0.742. The van der Waals surface area contributed by atoms with Gasteiger partial charge in [0, 0.05) is 11.7 Å². The van der Waals surface area contributed by atoms with Gasteiger partial charge in [0.1, 0.15) is 5.02 Å². The second-order valence-electron chi connectivity index (χ2n) is 4.36. The van der Waals surface area contributed by atoms with Crippen molar-refractivity contribution in [1.82, 2.24) is 9.97 Å². The minimum atomic E-state index is 0.214. The first-order valence-electron chi connectivity index (χ1n) is 5.72. The normalized spacial score (nSPS) is 17.9. The van der Waals surface area contributed by atoms with Crippen LogP contribution < -0.4 is 4.90 Å². The molecule has 1 atom stereocenters. The summed E-state index contributed by atoms with van der Waals surface area (Å²) in [7, 11) is 0. The highest BCUT2D eigenvalue weighted by Gasteiger charge is 2.29. The predicted octanol–water partition coefficient (Wildman–Crippen LogP) is 3.87. The topological polar surface area (TPSA) is 29.0 Å². The maximum Gasteiger partial charge on any atom is 0.224 e. The van der Waals surface area contributed by atoms with Crippen molar-refractivity contribution in [2.75, 3.05) is 4.90 Å². The fourth-order valence-corrected chi connectivity index (χ4v) is 2.71. The largest absolute Gasteiger partial charge is 0.322 e. The van der Waals surface area contributed by atoms with Crippen molar-refractivity contribution < 1.29 is 0 Å². The third-order valence-electron chi connectivity index (χ3n) is 3.13. The summed E-state index contributed by atoms with van der Waals surface area (Å²) >= 11 is 12.0. The molecule has 1 unspecified atom stereocenters. The molecule has 0 N–H and O–H groups in total. The molecule has 1 aliphatic heterocycles. The molecule has 1 aromatic heterocycles. The van der Waals surface area contributed by atoms with E-state index < -0.39 is 0 Å². The molecule has 2 aromatic rings. The van der Waals surface area contributed by atoms with Crippen molar-refractivity contribution in [3.8, 4) is 0 Å². The Kier molecular flexibility index (Phi) is 2.88. The van der Waals surface area contributed by atoms with Crippen molar-refractivity contribution in [3.05, 3.63) is 46.3 Å². The van der Waals surface area contributed by atoms with Crippen LogP contribution in [0, 0.1) is 0 Å². The molecule has 0 bridgehead atoms. The van der Waals surface area contributed by atoms with Gasteiger partial charge in [-0.05, 0) is 36.6 Å². The molecule has 3 nitrogen and oxygen atoms in total. The van der Waals surface area contributed by atoms with E-state index in [1.54, 1.807) is 6.20 Å². The van der Waals surface area contributed by atoms with E-state index in [4.69, 9.17) is 23.2 Å². The van der Waals surface area contributed by atoms with Crippen LogP contribution in [0.3, 0.4) is 0 Å². The average Bonchev–Trinajstić information content (AvgIpc) is 2.68. The molecular formula is C13H11Cl2N3. The highest BCUT2D eigenvalue weighted by atomic mass is 35.5. The molecule has 0 amide bonds. The van der Waals surface area contributed by atoms with E-state index in [1.807, 2.05) is 12.1 Å². The lowest BCUT2D eigenvalue weighted by atomic mass is 10.1. The van der Waals surface area contributed by atoms with Crippen molar-refractivity contribution in [1.29, 1.82) is 0 Å². The molecule has 2 heterocycles. The first-order chi connectivity index (χ1) is 8.66. The van der Waals surface area contributed by atoms with Crippen molar-refractivity contribution in [2.24, 2.45) is 0 Å². The van der Waals surface area contributed by atoms with Crippen LogP contribution in [-0.2, 0) is 6.42 Å². The van der Waals surface area contributed by atoms with E-state index in [0.717, 1.165) is 12.1 Å². The lowest BCUT2D eigenvalue weighted by Crippen LogP contribution is -2.25. The SMILES string of the molecule is CC1Cc2ccccc2N1c1nc(Cl)ncc1Cl. The van der Waals surface area contributed by atoms with Gasteiger partial charge < -0.3 is 4.90 Å². The smallest absolute Gasteiger partial charge is 0.224 e. The Hall–Kier alpha value is -1.32. The van der Waals surface area contributed by atoms with E-state index in [-0.39, 0.29) is 5.28 Å². The molecule has 1 aromatic carbocycles. The lowest BCUT2D eigenvalue weighted by Gasteiger charge is -2.24. The third kappa shape index (κ3) is 1.84. The maximum absolute atomic E-state index is 6.18. The first-order valence-corrected chi connectivity index (χ1v) is 6.47. The Morgan fingerprint density at radius 2 is 2.06 bits per heavy atom. The molecule has 0 radical (unpaired) electrons. The summed E-state index contributed by atoms with van der Waals surface area (Å²) in [5, 5.41) is 0.730. The van der Waals surface area contributed by atoms with E-state index >= 15 is 0 Å². The third-order valence-corrected chi connectivity index (χ3v) is 3.58. The summed E-state index contributed by atoms with van der Waals surface area (Å²) in [5.74, 6) is 0.675. The molecule has 5 heteroatoms. The van der Waals surface area contributed by atoms with Gasteiger partial charge in [-0.3, -0.25) is 0 Å². The number of benzene rings is 1. The van der Waals surface area contributed by atoms with Crippen molar-refractivity contribution in [2.45, 2.75) is 19.4 Å². The average molecular weight is 280 g/mol. The molecule has 0 saturated carbocycles. The molecule has 92 valence electrons. The number of rotatable bonds is 1. The van der Waals surface area contributed by atoms with Gasteiger partial charge >= 0.3 is 0 Å².